The number of rotatable bonds is 3. The van der Waals surface area contributed by atoms with Crippen molar-refractivity contribution >= 4 is 5.91 Å². The van der Waals surface area contributed by atoms with Crippen LogP contribution in [0.25, 0.3) is 0 Å². The van der Waals surface area contributed by atoms with Gasteiger partial charge in [-0.2, -0.15) is 0 Å². The van der Waals surface area contributed by atoms with Gasteiger partial charge in [0.2, 0.25) is 5.91 Å². The van der Waals surface area contributed by atoms with Gasteiger partial charge in [-0.05, 0) is 54.7 Å². The summed E-state index contributed by atoms with van der Waals surface area (Å²) >= 11 is 0. The van der Waals surface area contributed by atoms with Crippen molar-refractivity contribution in [2.75, 3.05) is 26.4 Å². The van der Waals surface area contributed by atoms with Crippen LogP contribution >= 0.6 is 0 Å². The zero-order valence-electron chi connectivity index (χ0n) is 20.9. The SMILES string of the molecule is CCc1ccc2c(c1)Cc1cccc(c1)CN(C(=O)C(C)(C)c1ccccc1F)CCOCCO2. The Morgan fingerprint density at radius 1 is 0.971 bits per heavy atom. The second-order valence-electron chi connectivity index (χ2n) is 9.58. The molecule has 0 saturated heterocycles. The number of hydrogen-bond acceptors (Lipinski definition) is 3. The molecule has 0 aromatic heterocycles. The molecule has 0 radical (unpaired) electrons. The van der Waals surface area contributed by atoms with Crippen molar-refractivity contribution in [1.29, 1.82) is 0 Å². The van der Waals surface area contributed by atoms with E-state index >= 15 is 0 Å². The molecule has 2 bridgehead atoms. The van der Waals surface area contributed by atoms with E-state index in [0.29, 0.717) is 38.5 Å². The van der Waals surface area contributed by atoms with E-state index in [2.05, 4.69) is 37.3 Å². The van der Waals surface area contributed by atoms with Gasteiger partial charge in [0, 0.05) is 25.1 Å². The summed E-state index contributed by atoms with van der Waals surface area (Å²) in [6, 6.07) is 21.2. The largest absolute Gasteiger partial charge is 0.491 e. The molecule has 0 spiro atoms. The topological polar surface area (TPSA) is 38.8 Å². The lowest BCUT2D eigenvalue weighted by Crippen LogP contribution is -2.45. The molecule has 0 saturated carbocycles. The zero-order chi connectivity index (χ0) is 24.8. The van der Waals surface area contributed by atoms with Gasteiger partial charge in [-0.15, -0.1) is 0 Å². The molecule has 3 aromatic carbocycles. The fourth-order valence-corrected chi connectivity index (χ4v) is 4.63. The standard InChI is InChI=1S/C30H34FNO3/c1-4-22-12-13-28-25(19-22)20-23-8-7-9-24(18-23)21-32(14-15-34-16-17-35-28)29(33)30(2,3)26-10-5-6-11-27(26)31/h5-13,18-19H,4,14-17,20-21H2,1-3H3. The van der Waals surface area contributed by atoms with E-state index in [1.807, 2.05) is 12.1 Å². The van der Waals surface area contributed by atoms with Crippen LogP contribution in [0.2, 0.25) is 0 Å². The Kier molecular flexibility index (Phi) is 7.86. The van der Waals surface area contributed by atoms with Crippen LogP contribution in [0.5, 0.6) is 5.75 Å². The first-order valence-corrected chi connectivity index (χ1v) is 12.3. The highest BCUT2D eigenvalue weighted by molar-refractivity contribution is 5.87. The van der Waals surface area contributed by atoms with E-state index in [1.165, 1.54) is 11.6 Å². The van der Waals surface area contributed by atoms with Gasteiger partial charge >= 0.3 is 0 Å². The number of carbonyl (C=O) groups excluding carboxylic acids is 1. The van der Waals surface area contributed by atoms with Crippen molar-refractivity contribution in [3.05, 3.63) is 100 Å². The number of aryl methyl sites for hydroxylation is 1. The first-order chi connectivity index (χ1) is 16.9. The number of benzene rings is 3. The second kappa shape index (κ2) is 11.0. The minimum atomic E-state index is -1.01. The van der Waals surface area contributed by atoms with Gasteiger partial charge in [0.05, 0.1) is 18.6 Å². The quantitative estimate of drug-likeness (QED) is 0.488. The number of amides is 1. The maximum Gasteiger partial charge on any atom is 0.233 e. The fraction of sp³-hybridized carbons (Fsp3) is 0.367. The summed E-state index contributed by atoms with van der Waals surface area (Å²) in [5.41, 5.74) is 4.00. The molecule has 0 aliphatic carbocycles. The third-order valence-electron chi connectivity index (χ3n) is 6.65. The summed E-state index contributed by atoms with van der Waals surface area (Å²) in [6.45, 7) is 7.81. The summed E-state index contributed by atoms with van der Waals surface area (Å²) < 4.78 is 26.5. The molecule has 0 fully saturated rings. The Hall–Kier alpha value is -3.18. The molecular weight excluding hydrogens is 441 g/mol. The highest BCUT2D eigenvalue weighted by Gasteiger charge is 2.35. The van der Waals surface area contributed by atoms with Crippen LogP contribution in [0.3, 0.4) is 0 Å². The van der Waals surface area contributed by atoms with Gasteiger partial charge in [0.15, 0.2) is 0 Å². The molecule has 184 valence electrons. The normalized spacial score (nSPS) is 15.0. The molecule has 0 atom stereocenters. The summed E-state index contributed by atoms with van der Waals surface area (Å²) in [4.78, 5) is 15.5. The zero-order valence-corrected chi connectivity index (χ0v) is 20.9. The van der Waals surface area contributed by atoms with Crippen LogP contribution in [-0.4, -0.2) is 37.2 Å². The van der Waals surface area contributed by atoms with Gasteiger partial charge in [-0.3, -0.25) is 4.79 Å². The van der Waals surface area contributed by atoms with Gasteiger partial charge in [-0.1, -0.05) is 61.5 Å². The lowest BCUT2D eigenvalue weighted by molar-refractivity contribution is -0.137. The Bertz CT molecular complexity index is 1170. The number of hydrogen-bond donors (Lipinski definition) is 0. The van der Waals surface area contributed by atoms with Crippen molar-refractivity contribution in [3.63, 3.8) is 0 Å². The molecule has 1 amide bonds. The van der Waals surface area contributed by atoms with Crippen molar-refractivity contribution in [2.24, 2.45) is 0 Å². The summed E-state index contributed by atoms with van der Waals surface area (Å²) in [5.74, 6) is 0.392. The molecule has 0 N–H and O–H groups in total. The second-order valence-corrected chi connectivity index (χ2v) is 9.58. The minimum absolute atomic E-state index is 0.127. The monoisotopic (exact) mass is 475 g/mol. The van der Waals surface area contributed by atoms with E-state index in [4.69, 9.17) is 9.47 Å². The predicted octanol–water partition coefficient (Wildman–Crippen LogP) is 5.69. The lowest BCUT2D eigenvalue weighted by atomic mass is 9.82. The van der Waals surface area contributed by atoms with Crippen LogP contribution in [0.4, 0.5) is 4.39 Å². The van der Waals surface area contributed by atoms with E-state index in [1.54, 1.807) is 36.9 Å². The third-order valence-corrected chi connectivity index (χ3v) is 6.65. The smallest absolute Gasteiger partial charge is 0.233 e. The number of nitrogens with zero attached hydrogens (tertiary/aromatic N) is 1. The number of fused-ring (bicyclic) bond motifs is 3. The van der Waals surface area contributed by atoms with Crippen molar-refractivity contribution < 1.29 is 18.7 Å². The molecule has 4 nitrogen and oxygen atoms in total. The van der Waals surface area contributed by atoms with Crippen LogP contribution in [0, 0.1) is 5.82 Å². The molecule has 1 aliphatic heterocycles. The Morgan fingerprint density at radius 3 is 2.57 bits per heavy atom. The Labute approximate surface area is 207 Å². The van der Waals surface area contributed by atoms with Gasteiger partial charge < -0.3 is 14.4 Å². The molecule has 5 heteroatoms. The lowest BCUT2D eigenvalue weighted by Gasteiger charge is -2.33. The average molecular weight is 476 g/mol. The number of carbonyl (C=O) groups is 1. The Morgan fingerprint density at radius 2 is 1.77 bits per heavy atom. The molecule has 1 heterocycles. The van der Waals surface area contributed by atoms with E-state index < -0.39 is 5.41 Å². The third kappa shape index (κ3) is 5.91. The van der Waals surface area contributed by atoms with Gasteiger partial charge in [-0.25, -0.2) is 4.39 Å². The summed E-state index contributed by atoms with van der Waals surface area (Å²) in [5, 5.41) is 0. The molecule has 3 aromatic rings. The molecule has 1 aliphatic rings. The van der Waals surface area contributed by atoms with Crippen LogP contribution < -0.4 is 4.74 Å². The van der Waals surface area contributed by atoms with E-state index in [-0.39, 0.29) is 11.7 Å². The maximum absolute atomic E-state index is 14.6. The average Bonchev–Trinajstić information content (AvgIpc) is 2.85. The van der Waals surface area contributed by atoms with Crippen LogP contribution in [0.1, 0.15) is 48.6 Å². The van der Waals surface area contributed by atoms with E-state index in [9.17, 15) is 9.18 Å². The fourth-order valence-electron chi connectivity index (χ4n) is 4.63. The van der Waals surface area contributed by atoms with Crippen molar-refractivity contribution in [2.45, 2.75) is 45.6 Å². The van der Waals surface area contributed by atoms with Gasteiger partial charge in [0.25, 0.3) is 0 Å². The predicted molar refractivity (Wildman–Crippen MR) is 136 cm³/mol. The molecule has 35 heavy (non-hydrogen) atoms. The highest BCUT2D eigenvalue weighted by Crippen LogP contribution is 2.29. The van der Waals surface area contributed by atoms with E-state index in [0.717, 1.165) is 35.3 Å². The summed E-state index contributed by atoms with van der Waals surface area (Å²) in [7, 11) is 0. The minimum Gasteiger partial charge on any atom is -0.491 e. The molecule has 0 unspecified atom stereocenters. The van der Waals surface area contributed by atoms with Crippen LogP contribution in [0.15, 0.2) is 66.7 Å². The number of halogens is 1. The van der Waals surface area contributed by atoms with Crippen molar-refractivity contribution in [3.8, 4) is 5.75 Å². The first-order valence-electron chi connectivity index (χ1n) is 12.3. The molecule has 4 rings (SSSR count). The first kappa shape index (κ1) is 24.9. The Balaban J connectivity index is 1.64. The van der Waals surface area contributed by atoms with Crippen molar-refractivity contribution in [1.82, 2.24) is 4.90 Å². The summed E-state index contributed by atoms with van der Waals surface area (Å²) in [6.07, 6.45) is 1.71. The van der Waals surface area contributed by atoms with Crippen LogP contribution in [-0.2, 0) is 34.3 Å². The highest BCUT2D eigenvalue weighted by atomic mass is 19.1. The number of ether oxygens (including phenoxy) is 2. The maximum atomic E-state index is 14.6. The van der Waals surface area contributed by atoms with Gasteiger partial charge in [0.1, 0.15) is 18.2 Å². The molecular formula is C30H34FNO3.